The molecule has 2 aliphatic rings. The molecule has 2 aromatic carbocycles. The van der Waals surface area contributed by atoms with E-state index < -0.39 is 11.9 Å². The van der Waals surface area contributed by atoms with Gasteiger partial charge in [-0.25, -0.2) is 0 Å². The second-order valence-electron chi connectivity index (χ2n) is 5.96. The van der Waals surface area contributed by atoms with Crippen LogP contribution in [0, 0.1) is 5.92 Å². The molecule has 0 bridgehead atoms. The maximum atomic E-state index is 12.5. The fourth-order valence-electron chi connectivity index (χ4n) is 3.43. The van der Waals surface area contributed by atoms with Gasteiger partial charge in [0.2, 0.25) is 6.79 Å². The van der Waals surface area contributed by atoms with E-state index in [0.29, 0.717) is 11.5 Å². The molecule has 0 fully saturated rings. The van der Waals surface area contributed by atoms with Crippen LogP contribution in [0.3, 0.4) is 0 Å². The molecule has 5 nitrogen and oxygen atoms in total. The lowest BCUT2D eigenvalue weighted by molar-refractivity contribution is -0.148. The summed E-state index contributed by atoms with van der Waals surface area (Å²) in [5.41, 5.74) is 2.51. The van der Waals surface area contributed by atoms with E-state index in [9.17, 15) is 9.59 Å². The highest BCUT2D eigenvalue weighted by Gasteiger charge is 2.43. The number of methoxy groups -OCH3 is 1. The van der Waals surface area contributed by atoms with Crippen molar-refractivity contribution in [3.05, 3.63) is 65.7 Å². The zero-order chi connectivity index (χ0) is 17.4. The average molecular weight is 336 g/mol. The van der Waals surface area contributed by atoms with Gasteiger partial charge in [-0.15, -0.1) is 0 Å². The van der Waals surface area contributed by atoms with Crippen LogP contribution in [-0.4, -0.2) is 25.7 Å². The number of rotatable bonds is 3. The molecular weight excluding hydrogens is 320 g/mol. The first kappa shape index (κ1) is 15.4. The molecule has 0 unspecified atom stereocenters. The van der Waals surface area contributed by atoms with Crippen molar-refractivity contribution in [3.8, 4) is 11.5 Å². The largest absolute Gasteiger partial charge is 0.468 e. The molecule has 5 heteroatoms. The van der Waals surface area contributed by atoms with E-state index in [-0.39, 0.29) is 18.5 Å². The Morgan fingerprint density at radius 1 is 1.08 bits per heavy atom. The van der Waals surface area contributed by atoms with E-state index in [1.54, 1.807) is 0 Å². The van der Waals surface area contributed by atoms with E-state index in [0.717, 1.165) is 16.7 Å². The molecule has 0 N–H and O–H groups in total. The van der Waals surface area contributed by atoms with Gasteiger partial charge in [0.05, 0.1) is 7.11 Å². The highest BCUT2D eigenvalue weighted by atomic mass is 16.7. The third-order valence-corrected chi connectivity index (χ3v) is 4.59. The summed E-state index contributed by atoms with van der Waals surface area (Å²) in [5.74, 6) is -0.706. The molecule has 2 atom stereocenters. The minimum Gasteiger partial charge on any atom is -0.468 e. The quantitative estimate of drug-likeness (QED) is 0.637. The zero-order valence-corrected chi connectivity index (χ0v) is 13.6. The first-order chi connectivity index (χ1) is 12.2. The Bertz CT molecular complexity index is 869. The summed E-state index contributed by atoms with van der Waals surface area (Å²) >= 11 is 0. The molecule has 25 heavy (non-hydrogen) atoms. The Balaban J connectivity index is 1.81. The molecule has 4 rings (SSSR count). The number of carbonyl (C=O) groups is 2. The maximum Gasteiger partial charge on any atom is 0.317 e. The van der Waals surface area contributed by atoms with Gasteiger partial charge in [-0.05, 0) is 34.9 Å². The summed E-state index contributed by atoms with van der Waals surface area (Å²) in [6.45, 7) is 0.184. The number of ether oxygens (including phenoxy) is 3. The van der Waals surface area contributed by atoms with Crippen LogP contribution in [0.15, 0.2) is 54.6 Å². The van der Waals surface area contributed by atoms with Crippen molar-refractivity contribution in [3.63, 3.8) is 0 Å². The predicted octanol–water partition coefficient (Wildman–Crippen LogP) is 2.95. The summed E-state index contributed by atoms with van der Waals surface area (Å²) in [6.07, 6.45) is 1.54. The van der Waals surface area contributed by atoms with E-state index in [2.05, 4.69) is 0 Å². The number of allylic oxidation sites excluding steroid dienone is 2. The lowest BCUT2D eigenvalue weighted by Gasteiger charge is -2.21. The molecular formula is C20H16O5. The average Bonchev–Trinajstić information content (AvgIpc) is 3.25. The van der Waals surface area contributed by atoms with Gasteiger partial charge in [0.25, 0.3) is 0 Å². The number of hydrogen-bond donors (Lipinski definition) is 0. The smallest absolute Gasteiger partial charge is 0.317 e. The van der Waals surface area contributed by atoms with Crippen molar-refractivity contribution < 1.29 is 23.8 Å². The number of esters is 1. The van der Waals surface area contributed by atoms with E-state index in [1.807, 2.05) is 48.5 Å². The van der Waals surface area contributed by atoms with Crippen molar-refractivity contribution in [1.82, 2.24) is 0 Å². The van der Waals surface area contributed by atoms with Crippen LogP contribution < -0.4 is 9.47 Å². The topological polar surface area (TPSA) is 61.8 Å². The standard InChI is InChI=1S/C20H16O5/c1-23-20(22)19-15(21)10-14(18(19)12-5-3-2-4-6-12)13-7-8-16-17(9-13)25-11-24-16/h2-10,18-19H,11H2,1H3/t18-,19-/m0/s1. The first-order valence-corrected chi connectivity index (χ1v) is 7.97. The van der Waals surface area contributed by atoms with Crippen molar-refractivity contribution >= 4 is 17.3 Å². The summed E-state index contributed by atoms with van der Waals surface area (Å²) in [5, 5.41) is 0. The molecule has 0 aromatic heterocycles. The van der Waals surface area contributed by atoms with Gasteiger partial charge >= 0.3 is 5.97 Å². The van der Waals surface area contributed by atoms with Crippen LogP contribution in [0.1, 0.15) is 17.0 Å². The van der Waals surface area contributed by atoms with E-state index in [1.165, 1.54) is 13.2 Å². The fourth-order valence-corrected chi connectivity index (χ4v) is 3.43. The Kier molecular flexibility index (Phi) is 3.76. The molecule has 0 spiro atoms. The van der Waals surface area contributed by atoms with Crippen LogP contribution in [0.25, 0.3) is 5.57 Å². The molecule has 1 aliphatic carbocycles. The van der Waals surface area contributed by atoms with Crippen LogP contribution in [0.4, 0.5) is 0 Å². The minimum absolute atomic E-state index is 0.184. The number of carbonyl (C=O) groups excluding carboxylic acids is 2. The summed E-state index contributed by atoms with van der Waals surface area (Å²) < 4.78 is 15.7. The summed E-state index contributed by atoms with van der Waals surface area (Å²) in [6, 6.07) is 15.1. The summed E-state index contributed by atoms with van der Waals surface area (Å²) in [4.78, 5) is 24.8. The highest BCUT2D eigenvalue weighted by molar-refractivity contribution is 6.15. The predicted molar refractivity (Wildman–Crippen MR) is 90.2 cm³/mol. The summed E-state index contributed by atoms with van der Waals surface area (Å²) in [7, 11) is 1.30. The lowest BCUT2D eigenvalue weighted by Crippen LogP contribution is -2.26. The van der Waals surface area contributed by atoms with Crippen molar-refractivity contribution in [2.75, 3.05) is 13.9 Å². The number of fused-ring (bicyclic) bond motifs is 1. The third kappa shape index (κ3) is 2.58. The van der Waals surface area contributed by atoms with Crippen molar-refractivity contribution in [1.29, 1.82) is 0 Å². The van der Waals surface area contributed by atoms with Gasteiger partial charge in [0.1, 0.15) is 5.92 Å². The monoisotopic (exact) mass is 336 g/mol. The van der Waals surface area contributed by atoms with Crippen LogP contribution in [-0.2, 0) is 14.3 Å². The van der Waals surface area contributed by atoms with Gasteiger partial charge in [-0.3, -0.25) is 9.59 Å². The first-order valence-electron chi connectivity index (χ1n) is 7.97. The molecule has 0 saturated carbocycles. The molecule has 2 aromatic rings. The molecule has 1 heterocycles. The number of hydrogen-bond acceptors (Lipinski definition) is 5. The van der Waals surface area contributed by atoms with Crippen LogP contribution in [0.5, 0.6) is 11.5 Å². The Morgan fingerprint density at radius 2 is 1.84 bits per heavy atom. The van der Waals surface area contributed by atoms with E-state index in [4.69, 9.17) is 14.2 Å². The van der Waals surface area contributed by atoms with Crippen molar-refractivity contribution in [2.45, 2.75) is 5.92 Å². The number of benzene rings is 2. The molecule has 0 amide bonds. The van der Waals surface area contributed by atoms with E-state index >= 15 is 0 Å². The second-order valence-corrected chi connectivity index (χ2v) is 5.96. The van der Waals surface area contributed by atoms with Crippen molar-refractivity contribution in [2.24, 2.45) is 5.92 Å². The molecule has 0 saturated heterocycles. The van der Waals surface area contributed by atoms with Gasteiger partial charge in [-0.2, -0.15) is 0 Å². The van der Waals surface area contributed by atoms with Gasteiger partial charge in [-0.1, -0.05) is 36.4 Å². The highest BCUT2D eigenvalue weighted by Crippen LogP contribution is 2.46. The molecule has 0 radical (unpaired) electrons. The normalized spacial score (nSPS) is 21.2. The minimum atomic E-state index is -0.868. The Hall–Kier alpha value is -3.08. The maximum absolute atomic E-state index is 12.5. The Labute approximate surface area is 144 Å². The fraction of sp³-hybridized carbons (Fsp3) is 0.200. The zero-order valence-electron chi connectivity index (χ0n) is 13.6. The van der Waals surface area contributed by atoms with Gasteiger partial charge < -0.3 is 14.2 Å². The van der Waals surface area contributed by atoms with Crippen LogP contribution >= 0.6 is 0 Å². The Morgan fingerprint density at radius 3 is 2.60 bits per heavy atom. The third-order valence-electron chi connectivity index (χ3n) is 4.59. The number of ketones is 1. The van der Waals surface area contributed by atoms with Crippen LogP contribution in [0.2, 0.25) is 0 Å². The molecule has 126 valence electrons. The second kappa shape index (κ2) is 6.09. The SMILES string of the molecule is COC(=O)[C@H]1C(=O)C=C(c2ccc3c(c2)OCO3)[C@@H]1c1ccccc1. The molecule has 1 aliphatic heterocycles. The lowest BCUT2D eigenvalue weighted by atomic mass is 9.82. The van der Waals surface area contributed by atoms with Gasteiger partial charge in [0.15, 0.2) is 17.3 Å². The van der Waals surface area contributed by atoms with Gasteiger partial charge in [0, 0.05) is 5.92 Å².